The summed E-state index contributed by atoms with van der Waals surface area (Å²) in [6, 6.07) is 33.3. The van der Waals surface area contributed by atoms with Gasteiger partial charge in [0.25, 0.3) is 0 Å². The van der Waals surface area contributed by atoms with Gasteiger partial charge < -0.3 is 26.8 Å². The summed E-state index contributed by atoms with van der Waals surface area (Å²) in [5.74, 6) is 0. The molecule has 0 unspecified atom stereocenters. The highest BCUT2D eigenvalue weighted by molar-refractivity contribution is 9.08. The number of anilines is 2. The van der Waals surface area contributed by atoms with E-state index >= 15 is 0 Å². The Kier molecular flexibility index (Phi) is 23.0. The van der Waals surface area contributed by atoms with Gasteiger partial charge in [-0.15, -0.1) is 13.2 Å². The van der Waals surface area contributed by atoms with Gasteiger partial charge in [-0.1, -0.05) is 59.8 Å². The number of pyridine rings is 4. The molecule has 0 N–H and O–H groups in total. The number of alkyl halides is 1. The van der Waals surface area contributed by atoms with Crippen molar-refractivity contribution in [3.8, 4) is 0 Å². The number of hydrogen-bond donors (Lipinski definition) is 0. The van der Waals surface area contributed by atoms with E-state index in [4.69, 9.17) is 0 Å². The van der Waals surface area contributed by atoms with Crippen LogP contribution in [0.15, 0.2) is 160 Å². The molecule has 0 aliphatic rings. The van der Waals surface area contributed by atoms with Crippen LogP contribution < -0.4 is 35.9 Å². The smallest absolute Gasteiger partial charge is 0.173 e. The van der Waals surface area contributed by atoms with Crippen LogP contribution in [0.25, 0.3) is 12.2 Å². The number of aldehydes is 1. The van der Waals surface area contributed by atoms with E-state index in [0.717, 1.165) is 24.7 Å². The van der Waals surface area contributed by atoms with Gasteiger partial charge in [0, 0.05) is 111 Å². The number of nitrogens with zero attached hydrogens (tertiary/aromatic N) is 6. The van der Waals surface area contributed by atoms with Crippen molar-refractivity contribution in [2.75, 3.05) is 38.0 Å². The fourth-order valence-corrected chi connectivity index (χ4v) is 5.07. The molecule has 0 saturated carbocycles. The molecule has 6 rings (SSSR count). The van der Waals surface area contributed by atoms with Crippen molar-refractivity contribution in [1.82, 2.24) is 9.97 Å². The van der Waals surface area contributed by atoms with E-state index in [1.165, 1.54) is 39.2 Å². The first-order valence-electron chi connectivity index (χ1n) is 16.8. The van der Waals surface area contributed by atoms with Crippen LogP contribution in [-0.2, 0) is 18.4 Å². The van der Waals surface area contributed by atoms with Crippen LogP contribution in [-0.4, -0.2) is 44.4 Å². The summed E-state index contributed by atoms with van der Waals surface area (Å²) in [7, 11) is 8.26. The van der Waals surface area contributed by atoms with E-state index in [9.17, 15) is 4.79 Å². The van der Waals surface area contributed by atoms with Crippen molar-refractivity contribution in [3.05, 3.63) is 193 Å². The second-order valence-corrected chi connectivity index (χ2v) is 12.5. The van der Waals surface area contributed by atoms with Gasteiger partial charge in [-0.05, 0) is 65.2 Å². The molecule has 0 radical (unpaired) electrons. The molecule has 0 aliphatic carbocycles. The number of aromatic nitrogens is 4. The van der Waals surface area contributed by atoms with E-state index in [1.807, 2.05) is 12.1 Å². The van der Waals surface area contributed by atoms with Crippen molar-refractivity contribution >= 4 is 45.7 Å². The fourth-order valence-electron chi connectivity index (χ4n) is 4.70. The van der Waals surface area contributed by atoms with Crippen LogP contribution in [0.2, 0.25) is 0 Å². The molecular weight excluding hydrogens is 800 g/mol. The Labute approximate surface area is 341 Å². The maximum Gasteiger partial charge on any atom is 0.173 e. The van der Waals surface area contributed by atoms with E-state index in [0.29, 0.717) is 5.56 Å². The maximum atomic E-state index is 9.98. The molecule has 7 nitrogen and oxygen atoms in total. The summed E-state index contributed by atoms with van der Waals surface area (Å²) in [6.45, 7) is 7.74. The number of halogens is 2. The summed E-state index contributed by atoms with van der Waals surface area (Å²) in [5, 5.41) is 0.912. The summed E-state index contributed by atoms with van der Waals surface area (Å²) in [6.07, 6.45) is 20.4. The zero-order chi connectivity index (χ0) is 37.6. The first-order valence-corrected chi connectivity index (χ1v) is 17.9. The van der Waals surface area contributed by atoms with Gasteiger partial charge in [0.1, 0.15) is 6.29 Å². The molecule has 9 heteroatoms. The largest absolute Gasteiger partial charge is 1.00 e. The standard InChI is InChI=1S/C30H34N4.C6H6BrN.C6H5NO.C2H4.CH4.BrH/c1-31(2)29-11-7-27(8-12-29)23-33-19-15-25(16-20-33)5-6-26-17-21-34(22-18-26)24-28-9-13-30(14-10-28)32(3)4;7-5-6-1-3-8-4-2-6;8-5-6-1-3-7-4-2-6;1-2;;/h5-22H,23-24H2,1-4H3;1-4H,5H2;1-5H;1-2H2;1H4;1H/q+2;;;;;/p-1/b6-5+;;;;;. The SMILES string of the molecule is BrCc1ccncc1.C.C=C.CN(C)c1ccc(C[n+]2ccc(/C=C/c3cc[n+](Cc4ccc(N(C)C)cc4)cc3)cc2)cc1.O=Cc1ccncc1.[Br-]. The monoisotopic (exact) mass is 851 g/mol. The molecule has 0 saturated heterocycles. The summed E-state index contributed by atoms with van der Waals surface area (Å²) >= 11 is 3.33. The lowest BCUT2D eigenvalue weighted by Gasteiger charge is -2.12. The molecule has 0 amide bonds. The normalized spacial score (nSPS) is 9.65. The fraction of sp³-hybridized carbons (Fsp3) is 0.178. The van der Waals surface area contributed by atoms with Crippen LogP contribution in [0.1, 0.15) is 45.6 Å². The highest BCUT2D eigenvalue weighted by Gasteiger charge is 2.05. The Morgan fingerprint density at radius 2 is 0.907 bits per heavy atom. The predicted molar refractivity (Wildman–Crippen MR) is 226 cm³/mol. The molecule has 2 aromatic carbocycles. The highest BCUT2D eigenvalue weighted by Crippen LogP contribution is 2.13. The number of hydrogen-bond acceptors (Lipinski definition) is 5. The average Bonchev–Trinajstić information content (AvgIpc) is 3.20. The van der Waals surface area contributed by atoms with Gasteiger partial charge in [0.15, 0.2) is 37.9 Å². The second-order valence-electron chi connectivity index (χ2n) is 12.0. The maximum absolute atomic E-state index is 9.98. The Morgan fingerprint density at radius 3 is 1.19 bits per heavy atom. The summed E-state index contributed by atoms with van der Waals surface area (Å²) in [5.41, 5.74) is 9.35. The van der Waals surface area contributed by atoms with Gasteiger partial charge >= 0.3 is 0 Å². The Hall–Kier alpha value is -5.25. The van der Waals surface area contributed by atoms with Crippen molar-refractivity contribution in [2.45, 2.75) is 25.8 Å². The molecule has 0 spiro atoms. The van der Waals surface area contributed by atoms with Gasteiger partial charge in [-0.25, -0.2) is 9.13 Å². The summed E-state index contributed by atoms with van der Waals surface area (Å²) in [4.78, 5) is 21.8. The first-order chi connectivity index (χ1) is 25.3. The third-order valence-corrected chi connectivity index (χ3v) is 8.33. The van der Waals surface area contributed by atoms with E-state index < -0.39 is 0 Å². The van der Waals surface area contributed by atoms with Crippen LogP contribution in [0.4, 0.5) is 11.4 Å². The quantitative estimate of drug-likeness (QED) is 0.0737. The molecule has 0 bridgehead atoms. The molecule has 282 valence electrons. The third-order valence-electron chi connectivity index (χ3n) is 7.68. The topological polar surface area (TPSA) is 57.1 Å². The lowest BCUT2D eigenvalue weighted by atomic mass is 10.1. The molecule has 4 aromatic heterocycles. The Morgan fingerprint density at radius 1 is 0.556 bits per heavy atom. The van der Waals surface area contributed by atoms with E-state index in [2.05, 4.69) is 196 Å². The van der Waals surface area contributed by atoms with Gasteiger partial charge in [0.2, 0.25) is 0 Å². The number of rotatable bonds is 10. The molecule has 4 heterocycles. The van der Waals surface area contributed by atoms with Crippen molar-refractivity contribution < 1.29 is 30.9 Å². The highest BCUT2D eigenvalue weighted by atomic mass is 79.9. The Bertz CT molecular complexity index is 1790. The van der Waals surface area contributed by atoms with E-state index in [1.54, 1.807) is 36.9 Å². The van der Waals surface area contributed by atoms with Crippen molar-refractivity contribution in [3.63, 3.8) is 0 Å². The minimum Gasteiger partial charge on any atom is -1.00 e. The average molecular weight is 854 g/mol. The lowest BCUT2D eigenvalue weighted by molar-refractivity contribution is -0.688. The van der Waals surface area contributed by atoms with Crippen LogP contribution in [0, 0.1) is 0 Å². The van der Waals surface area contributed by atoms with Crippen molar-refractivity contribution in [2.24, 2.45) is 0 Å². The number of benzene rings is 2. The predicted octanol–water partition coefficient (Wildman–Crippen LogP) is 5.97. The minimum absolute atomic E-state index is 0. The second kappa shape index (κ2) is 26.5. The van der Waals surface area contributed by atoms with Gasteiger partial charge in [0.05, 0.1) is 0 Å². The van der Waals surface area contributed by atoms with Gasteiger partial charge in [-0.2, -0.15) is 0 Å². The zero-order valence-corrected chi connectivity index (χ0v) is 34.1. The number of carbonyl (C=O) groups excluding carboxylic acids is 1. The number of carbonyl (C=O) groups is 1. The minimum atomic E-state index is 0. The lowest BCUT2D eigenvalue weighted by Crippen LogP contribution is -3.00. The van der Waals surface area contributed by atoms with E-state index in [-0.39, 0.29) is 24.4 Å². The van der Waals surface area contributed by atoms with Crippen LogP contribution in [0.5, 0.6) is 0 Å². The molecule has 0 fully saturated rings. The Balaban J connectivity index is 0.000000599. The van der Waals surface area contributed by atoms with Crippen LogP contribution >= 0.6 is 15.9 Å². The zero-order valence-electron chi connectivity index (χ0n) is 31.0. The molecule has 0 aliphatic heterocycles. The van der Waals surface area contributed by atoms with Crippen molar-refractivity contribution in [1.29, 1.82) is 0 Å². The molecule has 6 aromatic rings. The van der Waals surface area contributed by atoms with Crippen LogP contribution in [0.3, 0.4) is 0 Å². The molecular formula is C45H53Br2N6O+. The molecule has 54 heavy (non-hydrogen) atoms. The molecule has 0 atom stereocenters. The third kappa shape index (κ3) is 17.1. The van der Waals surface area contributed by atoms with Gasteiger partial charge in [-0.3, -0.25) is 14.8 Å². The first kappa shape index (κ1) is 46.8. The summed E-state index contributed by atoms with van der Waals surface area (Å²) < 4.78 is 4.41.